The van der Waals surface area contributed by atoms with Gasteiger partial charge >= 0.3 is 0 Å². The summed E-state index contributed by atoms with van der Waals surface area (Å²) < 4.78 is 19.0. The van der Waals surface area contributed by atoms with E-state index in [4.69, 9.17) is 9.73 Å². The smallest absolute Gasteiger partial charge is 0.165 e. The van der Waals surface area contributed by atoms with Crippen LogP contribution in [-0.4, -0.2) is 56.0 Å². The van der Waals surface area contributed by atoms with Crippen LogP contribution in [0.5, 0.6) is 5.75 Å². The van der Waals surface area contributed by atoms with Crippen LogP contribution in [0.4, 0.5) is 4.39 Å². The summed E-state index contributed by atoms with van der Waals surface area (Å²) >= 11 is 0. The van der Waals surface area contributed by atoms with Gasteiger partial charge in [0.1, 0.15) is 5.84 Å². The first-order chi connectivity index (χ1) is 13.7. The maximum Gasteiger partial charge on any atom is 0.165 e. The van der Waals surface area contributed by atoms with Crippen molar-refractivity contribution in [2.75, 3.05) is 40.3 Å². The number of piperidine rings is 1. The molecule has 0 amide bonds. The fourth-order valence-corrected chi connectivity index (χ4v) is 4.01. The van der Waals surface area contributed by atoms with Crippen LogP contribution in [0.1, 0.15) is 18.4 Å². The second-order valence-corrected chi connectivity index (χ2v) is 7.44. The summed E-state index contributed by atoms with van der Waals surface area (Å²) in [5.41, 5.74) is 2.80. The van der Waals surface area contributed by atoms with Crippen LogP contribution in [0, 0.1) is 11.7 Å². The van der Waals surface area contributed by atoms with E-state index in [1.807, 2.05) is 19.2 Å². The number of nitrogens with one attached hydrogen (secondary N) is 1. The standard InChI is InChI=1S/C22H27FN4O/c1-24-14-16-7-10-26(11-8-16)18-4-6-22-25-20(9-12-27(22)15-18)17-3-5-21(28-2)19(23)13-17/h3-6,9,13,15-16,24H,7-8,10-12,14H2,1-2H3. The Morgan fingerprint density at radius 1 is 1.25 bits per heavy atom. The molecule has 3 heterocycles. The van der Waals surface area contributed by atoms with E-state index < -0.39 is 0 Å². The normalized spacial score (nSPS) is 19.8. The number of amidine groups is 1. The largest absolute Gasteiger partial charge is 0.494 e. The first kappa shape index (κ1) is 18.7. The Hall–Kier alpha value is -2.60. The van der Waals surface area contributed by atoms with E-state index in [0.29, 0.717) is 0 Å². The first-order valence-corrected chi connectivity index (χ1v) is 9.87. The third-order valence-corrected chi connectivity index (χ3v) is 5.62. The van der Waals surface area contributed by atoms with E-state index in [9.17, 15) is 4.39 Å². The number of aliphatic imine (C=N–C) groups is 1. The Labute approximate surface area is 165 Å². The second kappa shape index (κ2) is 8.19. The summed E-state index contributed by atoms with van der Waals surface area (Å²) in [6.45, 7) is 4.02. The van der Waals surface area contributed by atoms with Crippen molar-refractivity contribution < 1.29 is 9.13 Å². The van der Waals surface area contributed by atoms with Gasteiger partial charge in [0.15, 0.2) is 11.6 Å². The minimum Gasteiger partial charge on any atom is -0.494 e. The average molecular weight is 382 g/mol. The number of nitrogens with zero attached hydrogens (tertiary/aromatic N) is 3. The van der Waals surface area contributed by atoms with Crippen molar-refractivity contribution >= 4 is 11.5 Å². The molecule has 148 valence electrons. The van der Waals surface area contributed by atoms with Crippen LogP contribution in [0.3, 0.4) is 0 Å². The van der Waals surface area contributed by atoms with Crippen LogP contribution in [0.2, 0.25) is 0 Å². The number of hydrogen-bond donors (Lipinski definition) is 1. The number of allylic oxidation sites excluding steroid dienone is 1. The van der Waals surface area contributed by atoms with Gasteiger partial charge in [-0.25, -0.2) is 9.38 Å². The van der Waals surface area contributed by atoms with Crippen molar-refractivity contribution in [3.63, 3.8) is 0 Å². The third-order valence-electron chi connectivity index (χ3n) is 5.62. The topological polar surface area (TPSA) is 40.1 Å². The van der Waals surface area contributed by atoms with Crippen molar-refractivity contribution in [3.05, 3.63) is 59.7 Å². The molecule has 1 saturated heterocycles. The summed E-state index contributed by atoms with van der Waals surface area (Å²) in [6.07, 6.45) is 10.9. The molecule has 0 aliphatic carbocycles. The molecule has 0 radical (unpaired) electrons. The SMILES string of the molecule is CNCC1CCN(C2=CN3CC=C(c4ccc(OC)c(F)c4)N=C3C=C2)CC1. The number of rotatable bonds is 5. The quantitative estimate of drug-likeness (QED) is 0.849. The van der Waals surface area contributed by atoms with Crippen LogP contribution >= 0.6 is 0 Å². The third kappa shape index (κ3) is 3.83. The number of methoxy groups -OCH3 is 1. The molecule has 1 aromatic carbocycles. The molecule has 0 saturated carbocycles. The van der Waals surface area contributed by atoms with Gasteiger partial charge in [0.25, 0.3) is 0 Å². The number of fused-ring (bicyclic) bond motifs is 1. The zero-order chi connectivity index (χ0) is 19.5. The van der Waals surface area contributed by atoms with E-state index in [0.717, 1.165) is 49.2 Å². The molecule has 0 unspecified atom stereocenters. The lowest BCUT2D eigenvalue weighted by atomic mass is 9.96. The Kier molecular flexibility index (Phi) is 5.48. The zero-order valence-corrected chi connectivity index (χ0v) is 16.5. The maximum atomic E-state index is 14.0. The predicted octanol–water partition coefficient (Wildman–Crippen LogP) is 3.23. The molecule has 4 rings (SSSR count). The van der Waals surface area contributed by atoms with Gasteiger partial charge in [0, 0.05) is 31.4 Å². The summed E-state index contributed by atoms with van der Waals surface area (Å²) in [4.78, 5) is 9.33. The highest BCUT2D eigenvalue weighted by Gasteiger charge is 2.23. The minimum atomic E-state index is -0.369. The fraction of sp³-hybridized carbons (Fsp3) is 0.409. The van der Waals surface area contributed by atoms with Gasteiger partial charge in [0.05, 0.1) is 18.5 Å². The Morgan fingerprint density at radius 3 is 2.79 bits per heavy atom. The first-order valence-electron chi connectivity index (χ1n) is 9.87. The van der Waals surface area contributed by atoms with E-state index in [2.05, 4.69) is 33.5 Å². The van der Waals surface area contributed by atoms with Gasteiger partial charge in [-0.05, 0) is 68.8 Å². The highest BCUT2D eigenvalue weighted by atomic mass is 19.1. The molecule has 0 bridgehead atoms. The minimum absolute atomic E-state index is 0.248. The number of likely N-dealkylation sites (tertiary alicyclic amines) is 1. The molecule has 1 N–H and O–H groups in total. The lowest BCUT2D eigenvalue weighted by Crippen LogP contribution is -2.38. The van der Waals surface area contributed by atoms with E-state index in [1.165, 1.54) is 31.7 Å². The van der Waals surface area contributed by atoms with Crippen molar-refractivity contribution in [1.82, 2.24) is 15.1 Å². The van der Waals surface area contributed by atoms with Gasteiger partial charge in [-0.15, -0.1) is 0 Å². The highest BCUT2D eigenvalue weighted by molar-refractivity contribution is 6.00. The Bertz CT molecular complexity index is 850. The summed E-state index contributed by atoms with van der Waals surface area (Å²) in [5.74, 6) is 1.55. The van der Waals surface area contributed by atoms with Gasteiger partial charge < -0.3 is 19.9 Å². The van der Waals surface area contributed by atoms with Crippen LogP contribution in [0.15, 0.2) is 53.3 Å². The molecule has 6 heteroatoms. The molecule has 1 fully saturated rings. The summed E-state index contributed by atoms with van der Waals surface area (Å²) in [7, 11) is 3.49. The monoisotopic (exact) mass is 382 g/mol. The van der Waals surface area contributed by atoms with E-state index in [-0.39, 0.29) is 11.6 Å². The highest BCUT2D eigenvalue weighted by Crippen LogP contribution is 2.28. The van der Waals surface area contributed by atoms with Crippen molar-refractivity contribution in [1.29, 1.82) is 0 Å². The molecule has 28 heavy (non-hydrogen) atoms. The van der Waals surface area contributed by atoms with Gasteiger partial charge in [-0.3, -0.25) is 0 Å². The Balaban J connectivity index is 1.44. The lowest BCUT2D eigenvalue weighted by molar-refractivity contribution is 0.227. The number of ether oxygens (including phenoxy) is 1. The van der Waals surface area contributed by atoms with E-state index in [1.54, 1.807) is 6.07 Å². The number of halogens is 1. The molecule has 1 aromatic rings. The molecule has 0 atom stereocenters. The molecule has 0 aromatic heterocycles. The molecule has 3 aliphatic heterocycles. The maximum absolute atomic E-state index is 14.0. The van der Waals surface area contributed by atoms with Crippen molar-refractivity contribution in [3.8, 4) is 5.75 Å². The second-order valence-electron chi connectivity index (χ2n) is 7.44. The van der Waals surface area contributed by atoms with Crippen LogP contribution in [-0.2, 0) is 0 Å². The predicted molar refractivity (Wildman–Crippen MR) is 111 cm³/mol. The van der Waals surface area contributed by atoms with Gasteiger partial charge in [-0.1, -0.05) is 0 Å². The van der Waals surface area contributed by atoms with Crippen molar-refractivity contribution in [2.24, 2.45) is 10.9 Å². The van der Waals surface area contributed by atoms with Crippen LogP contribution in [0.25, 0.3) is 5.70 Å². The average Bonchev–Trinajstić information content (AvgIpc) is 2.74. The zero-order valence-electron chi connectivity index (χ0n) is 16.5. The van der Waals surface area contributed by atoms with Gasteiger partial charge in [-0.2, -0.15) is 0 Å². The van der Waals surface area contributed by atoms with E-state index >= 15 is 0 Å². The van der Waals surface area contributed by atoms with Crippen LogP contribution < -0.4 is 10.1 Å². The number of benzene rings is 1. The molecule has 5 nitrogen and oxygen atoms in total. The fourth-order valence-electron chi connectivity index (χ4n) is 4.01. The lowest BCUT2D eigenvalue weighted by Gasteiger charge is -2.37. The molecular weight excluding hydrogens is 355 g/mol. The summed E-state index contributed by atoms with van der Waals surface area (Å²) in [6, 6.07) is 4.97. The Morgan fingerprint density at radius 2 is 2.07 bits per heavy atom. The molecule has 3 aliphatic rings. The molecule has 0 spiro atoms. The summed E-state index contributed by atoms with van der Waals surface area (Å²) in [5, 5.41) is 3.29. The molecular formula is C22H27FN4O. The number of hydrogen-bond acceptors (Lipinski definition) is 5. The van der Waals surface area contributed by atoms with Gasteiger partial charge in [0.2, 0.25) is 0 Å². The van der Waals surface area contributed by atoms with Crippen molar-refractivity contribution in [2.45, 2.75) is 12.8 Å².